The predicted octanol–water partition coefficient (Wildman–Crippen LogP) is 9.19. The van der Waals surface area contributed by atoms with Crippen molar-refractivity contribution in [1.82, 2.24) is 4.90 Å². The van der Waals surface area contributed by atoms with Crippen molar-refractivity contribution < 1.29 is 45.7 Å². The van der Waals surface area contributed by atoms with Gasteiger partial charge in [-0.2, -0.15) is 30.7 Å². The van der Waals surface area contributed by atoms with Gasteiger partial charge in [0.05, 0.1) is 12.6 Å². The summed E-state index contributed by atoms with van der Waals surface area (Å²) in [6, 6.07) is 5.80. The van der Waals surface area contributed by atoms with Crippen molar-refractivity contribution in [3.8, 4) is 5.75 Å². The van der Waals surface area contributed by atoms with Gasteiger partial charge < -0.3 is 15.1 Å². The zero-order valence-corrected chi connectivity index (χ0v) is 26.8. The molecule has 46 heavy (non-hydrogen) atoms. The average molecular weight is 664 g/mol. The highest BCUT2D eigenvalue weighted by Gasteiger charge is 2.73. The van der Waals surface area contributed by atoms with Crippen LogP contribution in [0.15, 0.2) is 30.4 Å². The highest BCUT2D eigenvalue weighted by molar-refractivity contribution is 5.75. The predicted molar refractivity (Wildman–Crippen MR) is 162 cm³/mol. The zero-order chi connectivity index (χ0) is 34.1. The van der Waals surface area contributed by atoms with E-state index in [1.807, 2.05) is 6.07 Å². The summed E-state index contributed by atoms with van der Waals surface area (Å²) < 4.78 is 90.4. The Kier molecular flexibility index (Phi) is 11.2. The van der Waals surface area contributed by atoms with Crippen molar-refractivity contribution in [1.29, 1.82) is 0 Å². The van der Waals surface area contributed by atoms with Gasteiger partial charge in [-0.25, -0.2) is 0 Å². The molecule has 0 aliphatic heterocycles. The molecule has 4 rings (SSSR count). The summed E-state index contributed by atoms with van der Waals surface area (Å²) in [4.78, 5) is 12.3. The number of phenols is 1. The van der Waals surface area contributed by atoms with E-state index in [1.165, 1.54) is 11.1 Å². The monoisotopic (exact) mass is 663 g/mol. The first-order valence-corrected chi connectivity index (χ1v) is 16.7. The second kappa shape index (κ2) is 14.0. The van der Waals surface area contributed by atoms with Crippen molar-refractivity contribution in [2.24, 2.45) is 23.2 Å². The maximum atomic E-state index is 13.6. The fraction of sp³-hybridized carbons (Fsp3) is 0.743. The SMILES string of the molecule is C=C1[C@H](O)CC2C3C(CCCCCCCCCCC(=O)N(C)CC(F)(F)C(F)(F)C(F)(F)F)Cc4cc(O)ccc4C3CC[C@]12C. The Balaban J connectivity index is 1.17. The van der Waals surface area contributed by atoms with Crippen molar-refractivity contribution >= 4 is 5.91 Å². The molecular weight excluding hydrogens is 615 g/mol. The topological polar surface area (TPSA) is 60.8 Å². The van der Waals surface area contributed by atoms with E-state index in [-0.39, 0.29) is 16.7 Å². The van der Waals surface area contributed by atoms with Gasteiger partial charge in [0.2, 0.25) is 5.91 Å². The normalized spacial score (nSPS) is 28.0. The third-order valence-corrected chi connectivity index (χ3v) is 11.3. The van der Waals surface area contributed by atoms with Crippen LogP contribution in [0.4, 0.5) is 30.7 Å². The Morgan fingerprint density at radius 2 is 1.61 bits per heavy atom. The fourth-order valence-electron chi connectivity index (χ4n) is 8.61. The fourth-order valence-corrected chi connectivity index (χ4v) is 8.61. The van der Waals surface area contributed by atoms with Crippen molar-refractivity contribution in [3.05, 3.63) is 41.5 Å². The number of hydrogen-bond donors (Lipinski definition) is 2. The molecule has 2 N–H and O–H groups in total. The molecule has 2 saturated carbocycles. The molecule has 0 spiro atoms. The van der Waals surface area contributed by atoms with Crippen LogP contribution in [0.2, 0.25) is 0 Å². The Morgan fingerprint density at radius 1 is 1.00 bits per heavy atom. The van der Waals surface area contributed by atoms with E-state index in [0.29, 0.717) is 42.3 Å². The van der Waals surface area contributed by atoms with Crippen LogP contribution < -0.4 is 0 Å². The summed E-state index contributed by atoms with van der Waals surface area (Å²) in [7, 11) is 0.805. The number of carbonyl (C=O) groups excluding carboxylic acids is 1. The van der Waals surface area contributed by atoms with Crippen LogP contribution >= 0.6 is 0 Å². The van der Waals surface area contributed by atoms with Gasteiger partial charge in [-0.3, -0.25) is 4.79 Å². The van der Waals surface area contributed by atoms with E-state index in [1.54, 1.807) is 6.07 Å². The van der Waals surface area contributed by atoms with Crippen LogP contribution in [-0.2, 0) is 11.2 Å². The number of rotatable bonds is 14. The first kappa shape index (κ1) is 36.5. The number of carbonyl (C=O) groups is 1. The molecule has 1 amide bonds. The van der Waals surface area contributed by atoms with Crippen LogP contribution in [0.3, 0.4) is 0 Å². The average Bonchev–Trinajstić information content (AvgIpc) is 3.20. The van der Waals surface area contributed by atoms with Gasteiger partial charge in [0.25, 0.3) is 0 Å². The summed E-state index contributed by atoms with van der Waals surface area (Å²) in [5.41, 5.74) is 3.53. The van der Waals surface area contributed by atoms with Crippen molar-refractivity contribution in [2.45, 2.75) is 127 Å². The van der Waals surface area contributed by atoms with E-state index in [2.05, 4.69) is 19.6 Å². The first-order chi connectivity index (χ1) is 21.4. The molecule has 0 aromatic heterocycles. The number of phenolic OH excluding ortho intramolecular Hbond substituents is 1. The third-order valence-electron chi connectivity index (χ3n) is 11.3. The number of aliphatic hydroxyl groups excluding tert-OH is 1. The minimum absolute atomic E-state index is 0.0415. The van der Waals surface area contributed by atoms with E-state index < -0.39 is 36.6 Å². The molecule has 4 nitrogen and oxygen atoms in total. The van der Waals surface area contributed by atoms with E-state index >= 15 is 0 Å². The lowest BCUT2D eigenvalue weighted by atomic mass is 9.52. The molecule has 3 aliphatic carbocycles. The molecule has 2 fully saturated rings. The second-order valence-corrected chi connectivity index (χ2v) is 14.3. The smallest absolute Gasteiger partial charge is 0.459 e. The summed E-state index contributed by atoms with van der Waals surface area (Å²) >= 11 is 0. The summed E-state index contributed by atoms with van der Waals surface area (Å²) in [6.45, 7) is 4.56. The second-order valence-electron chi connectivity index (χ2n) is 14.3. The number of benzene rings is 1. The zero-order valence-electron chi connectivity index (χ0n) is 26.8. The van der Waals surface area contributed by atoms with Crippen molar-refractivity contribution in [2.75, 3.05) is 13.6 Å². The van der Waals surface area contributed by atoms with E-state index in [9.17, 15) is 45.7 Å². The summed E-state index contributed by atoms with van der Waals surface area (Å²) in [5.74, 6) is -10.5. The van der Waals surface area contributed by atoms with Crippen LogP contribution in [-0.4, -0.2) is 58.7 Å². The quantitative estimate of drug-likeness (QED) is 0.119. The van der Waals surface area contributed by atoms with Crippen LogP contribution in [0.5, 0.6) is 5.75 Å². The molecule has 3 aliphatic rings. The lowest BCUT2D eigenvalue weighted by Crippen LogP contribution is -2.57. The molecule has 0 bridgehead atoms. The molecule has 4 unspecified atom stereocenters. The Labute approximate surface area is 267 Å². The van der Waals surface area contributed by atoms with Crippen molar-refractivity contribution in [3.63, 3.8) is 0 Å². The number of unbranched alkanes of at least 4 members (excludes halogenated alkanes) is 7. The third kappa shape index (κ3) is 7.39. The molecule has 6 atom stereocenters. The largest absolute Gasteiger partial charge is 0.508 e. The van der Waals surface area contributed by atoms with Crippen LogP contribution in [0.1, 0.15) is 107 Å². The van der Waals surface area contributed by atoms with Gasteiger partial charge in [0.1, 0.15) is 5.75 Å². The van der Waals surface area contributed by atoms with Gasteiger partial charge in [-0.05, 0) is 96.4 Å². The van der Waals surface area contributed by atoms with Gasteiger partial charge in [-0.1, -0.05) is 64.5 Å². The lowest BCUT2D eigenvalue weighted by molar-refractivity contribution is -0.355. The highest BCUT2D eigenvalue weighted by Crippen LogP contribution is 2.64. The molecular formula is C35H48F7NO3. The number of fused-ring (bicyclic) bond motifs is 5. The molecule has 1 aromatic carbocycles. The number of halogens is 7. The molecule has 260 valence electrons. The Hall–Kier alpha value is -2.30. The standard InChI is InChI=1S/C35H48F7NO3/c1-22-29(45)20-28-31-23(18-24-19-25(44)14-15-26(24)27(31)16-17-32(22,28)2)12-10-8-6-4-5-7-9-11-13-30(46)43(3)21-33(36,37)34(38,39)35(40,41)42/h14-15,19,23,27-29,31,44-45H,1,4-13,16-18,20-21H2,2-3H3/t23?,27?,28?,29-,31?,32-/m1/s1. The maximum Gasteiger partial charge on any atom is 0.459 e. The summed E-state index contributed by atoms with van der Waals surface area (Å²) in [5, 5.41) is 20.9. The minimum atomic E-state index is -6.41. The van der Waals surface area contributed by atoms with Gasteiger partial charge in [-0.15, -0.1) is 0 Å². The van der Waals surface area contributed by atoms with Gasteiger partial charge in [0.15, 0.2) is 0 Å². The summed E-state index contributed by atoms with van der Waals surface area (Å²) in [6.07, 6.45) is 4.66. The van der Waals surface area contributed by atoms with Gasteiger partial charge in [0, 0.05) is 13.5 Å². The Morgan fingerprint density at radius 3 is 2.24 bits per heavy atom. The van der Waals surface area contributed by atoms with E-state index in [4.69, 9.17) is 0 Å². The molecule has 0 saturated heterocycles. The highest BCUT2D eigenvalue weighted by atomic mass is 19.4. The molecule has 11 heteroatoms. The number of amides is 1. The molecule has 0 heterocycles. The molecule has 0 radical (unpaired) electrons. The number of nitrogens with zero attached hydrogens (tertiary/aromatic N) is 1. The molecule has 1 aromatic rings. The van der Waals surface area contributed by atoms with Crippen LogP contribution in [0, 0.1) is 23.2 Å². The number of hydrogen-bond acceptors (Lipinski definition) is 3. The minimum Gasteiger partial charge on any atom is -0.508 e. The number of aromatic hydroxyl groups is 1. The lowest BCUT2D eigenvalue weighted by Gasteiger charge is -2.52. The number of alkyl halides is 7. The maximum absolute atomic E-state index is 13.6. The first-order valence-electron chi connectivity index (χ1n) is 16.7. The number of aliphatic hydroxyl groups is 1. The van der Waals surface area contributed by atoms with Gasteiger partial charge >= 0.3 is 18.0 Å². The van der Waals surface area contributed by atoms with E-state index in [0.717, 1.165) is 83.2 Å². The van der Waals surface area contributed by atoms with Crippen LogP contribution in [0.25, 0.3) is 0 Å². The Bertz CT molecular complexity index is 1240.